The summed E-state index contributed by atoms with van der Waals surface area (Å²) in [6.07, 6.45) is 4.51. The molecule has 2 aromatic rings. The van der Waals surface area contributed by atoms with Gasteiger partial charge in [0.1, 0.15) is 0 Å². The quantitative estimate of drug-likeness (QED) is 0.808. The second kappa shape index (κ2) is 9.33. The molecule has 0 atom stereocenters. The zero-order valence-corrected chi connectivity index (χ0v) is 16.9. The maximum Gasteiger partial charge on any atom is 0.251 e. The fraction of sp³-hybridized carbons (Fsp3) is 0.500. The van der Waals surface area contributed by atoms with Gasteiger partial charge < -0.3 is 19.7 Å². The normalized spacial score (nSPS) is 17.1. The minimum Gasteiger partial charge on any atom is -0.377 e. The van der Waals surface area contributed by atoms with E-state index in [1.807, 2.05) is 37.4 Å². The van der Waals surface area contributed by atoms with E-state index < -0.39 is 0 Å². The van der Waals surface area contributed by atoms with E-state index in [0.717, 1.165) is 61.7 Å². The maximum atomic E-state index is 12.6. The first-order valence-corrected chi connectivity index (χ1v) is 10.4. The number of benzene rings is 1. The molecule has 0 unspecified atom stereocenters. The average molecular weight is 396 g/mol. The van der Waals surface area contributed by atoms with Crippen LogP contribution in [0.3, 0.4) is 0 Å². The first-order chi connectivity index (χ1) is 14.2. The number of aromatic nitrogens is 2. The van der Waals surface area contributed by atoms with Crippen LogP contribution < -0.4 is 10.2 Å². The van der Waals surface area contributed by atoms with Crippen molar-refractivity contribution < 1.29 is 14.3 Å². The molecule has 0 aliphatic carbocycles. The van der Waals surface area contributed by atoms with Gasteiger partial charge in [0, 0.05) is 49.5 Å². The van der Waals surface area contributed by atoms with E-state index in [2.05, 4.69) is 15.2 Å². The zero-order valence-electron chi connectivity index (χ0n) is 16.9. The molecule has 7 nitrogen and oxygen atoms in total. The van der Waals surface area contributed by atoms with Gasteiger partial charge in [-0.3, -0.25) is 4.79 Å². The van der Waals surface area contributed by atoms with Crippen molar-refractivity contribution in [2.75, 3.05) is 31.2 Å². The van der Waals surface area contributed by atoms with Crippen LogP contribution in [0.15, 0.2) is 30.5 Å². The van der Waals surface area contributed by atoms with Gasteiger partial charge in [-0.25, -0.2) is 9.97 Å². The highest BCUT2D eigenvalue weighted by Gasteiger charge is 2.23. The summed E-state index contributed by atoms with van der Waals surface area (Å²) in [7, 11) is 0. The van der Waals surface area contributed by atoms with Crippen molar-refractivity contribution in [1.82, 2.24) is 15.3 Å². The van der Waals surface area contributed by atoms with Crippen LogP contribution in [0, 0.1) is 0 Å². The van der Waals surface area contributed by atoms with Crippen LogP contribution in [0.25, 0.3) is 0 Å². The van der Waals surface area contributed by atoms with E-state index in [-0.39, 0.29) is 11.9 Å². The molecule has 0 bridgehead atoms. The molecule has 154 valence electrons. The lowest BCUT2D eigenvalue weighted by atomic mass is 10.0. The van der Waals surface area contributed by atoms with Crippen molar-refractivity contribution in [2.45, 2.75) is 45.4 Å². The van der Waals surface area contributed by atoms with E-state index in [1.165, 1.54) is 0 Å². The highest BCUT2D eigenvalue weighted by Crippen LogP contribution is 2.20. The van der Waals surface area contributed by atoms with Crippen LogP contribution in [0.4, 0.5) is 5.95 Å². The van der Waals surface area contributed by atoms with Gasteiger partial charge in [0.2, 0.25) is 5.95 Å². The van der Waals surface area contributed by atoms with Crippen LogP contribution in [0.5, 0.6) is 0 Å². The molecule has 0 saturated carbocycles. The summed E-state index contributed by atoms with van der Waals surface area (Å²) in [4.78, 5) is 24.0. The summed E-state index contributed by atoms with van der Waals surface area (Å²) in [5.41, 5.74) is 3.96. The first kappa shape index (κ1) is 19.8. The van der Waals surface area contributed by atoms with Crippen LogP contribution in [0.2, 0.25) is 0 Å². The number of nitrogens with one attached hydrogen (secondary N) is 1. The fourth-order valence-corrected chi connectivity index (χ4v) is 3.74. The lowest BCUT2D eigenvalue weighted by Gasteiger charge is -2.33. The Morgan fingerprint density at radius 2 is 2.07 bits per heavy atom. The number of ether oxygens (including phenoxy) is 2. The van der Waals surface area contributed by atoms with Gasteiger partial charge in [0.25, 0.3) is 5.91 Å². The number of anilines is 1. The van der Waals surface area contributed by atoms with Crippen LogP contribution in [0.1, 0.15) is 46.9 Å². The fourth-order valence-electron chi connectivity index (χ4n) is 3.74. The molecular formula is C22H28N4O3. The standard InChI is InChI=1S/C22H28N4O3/c1-2-28-14-16-3-5-17(6-4-16)21(27)24-19-7-10-26(11-8-19)22-23-13-18-15-29-12-9-20(18)25-22/h3-6,13,19H,2,7-12,14-15H2,1H3,(H,24,27). The summed E-state index contributed by atoms with van der Waals surface area (Å²) in [5, 5.41) is 3.17. The number of carbonyl (C=O) groups is 1. The summed E-state index contributed by atoms with van der Waals surface area (Å²) in [6, 6.07) is 7.80. The smallest absolute Gasteiger partial charge is 0.251 e. The van der Waals surface area contributed by atoms with Crippen molar-refractivity contribution in [3.8, 4) is 0 Å². The predicted molar refractivity (Wildman–Crippen MR) is 110 cm³/mol. The number of nitrogens with zero attached hydrogens (tertiary/aromatic N) is 3. The molecule has 3 heterocycles. The van der Waals surface area contributed by atoms with Gasteiger partial charge in [-0.15, -0.1) is 0 Å². The van der Waals surface area contributed by atoms with E-state index in [1.54, 1.807) is 0 Å². The van der Waals surface area contributed by atoms with Crippen LogP contribution >= 0.6 is 0 Å². The second-order valence-electron chi connectivity index (χ2n) is 7.51. The number of rotatable bonds is 6. The molecule has 29 heavy (non-hydrogen) atoms. The molecule has 4 rings (SSSR count). The molecule has 1 saturated heterocycles. The minimum absolute atomic E-state index is 0.0172. The molecule has 2 aliphatic rings. The number of hydrogen-bond acceptors (Lipinski definition) is 6. The molecule has 0 spiro atoms. The number of amides is 1. The van der Waals surface area contributed by atoms with Crippen molar-refractivity contribution >= 4 is 11.9 Å². The Labute approximate surface area is 171 Å². The van der Waals surface area contributed by atoms with E-state index in [0.29, 0.717) is 25.4 Å². The van der Waals surface area contributed by atoms with E-state index in [9.17, 15) is 4.79 Å². The molecule has 0 radical (unpaired) electrons. The Morgan fingerprint density at radius 1 is 1.28 bits per heavy atom. The molecule has 1 amide bonds. The molecule has 1 N–H and O–H groups in total. The lowest BCUT2D eigenvalue weighted by Crippen LogP contribution is -2.45. The van der Waals surface area contributed by atoms with Gasteiger partial charge in [0.15, 0.2) is 0 Å². The van der Waals surface area contributed by atoms with Crippen LogP contribution in [-0.4, -0.2) is 48.2 Å². The third kappa shape index (κ3) is 4.92. The third-order valence-corrected chi connectivity index (χ3v) is 5.48. The Balaban J connectivity index is 1.29. The number of fused-ring (bicyclic) bond motifs is 1. The monoisotopic (exact) mass is 396 g/mol. The SMILES string of the molecule is CCOCc1ccc(C(=O)NC2CCN(c3ncc4c(n3)CCOC4)CC2)cc1. The van der Waals surface area contributed by atoms with Crippen molar-refractivity contribution in [3.63, 3.8) is 0 Å². The molecular weight excluding hydrogens is 368 g/mol. The van der Waals surface area contributed by atoms with E-state index >= 15 is 0 Å². The van der Waals surface area contributed by atoms with Gasteiger partial charge in [-0.1, -0.05) is 12.1 Å². The highest BCUT2D eigenvalue weighted by molar-refractivity contribution is 5.94. The lowest BCUT2D eigenvalue weighted by molar-refractivity contribution is 0.0930. The predicted octanol–water partition coefficient (Wildman–Crippen LogP) is 2.48. The van der Waals surface area contributed by atoms with Crippen LogP contribution in [-0.2, 0) is 29.1 Å². The molecule has 1 fully saturated rings. The second-order valence-corrected chi connectivity index (χ2v) is 7.51. The Bertz CT molecular complexity index is 832. The summed E-state index contributed by atoms with van der Waals surface area (Å²) in [6.45, 7) is 6.25. The topological polar surface area (TPSA) is 76.6 Å². The average Bonchev–Trinajstić information content (AvgIpc) is 2.78. The van der Waals surface area contributed by atoms with Gasteiger partial charge in [-0.05, 0) is 37.5 Å². The minimum atomic E-state index is -0.0172. The number of hydrogen-bond donors (Lipinski definition) is 1. The number of carbonyl (C=O) groups excluding carboxylic acids is 1. The van der Waals surface area contributed by atoms with Crippen molar-refractivity contribution in [2.24, 2.45) is 0 Å². The Morgan fingerprint density at radius 3 is 2.83 bits per heavy atom. The van der Waals surface area contributed by atoms with Crippen molar-refractivity contribution in [1.29, 1.82) is 0 Å². The third-order valence-electron chi connectivity index (χ3n) is 5.48. The largest absolute Gasteiger partial charge is 0.377 e. The maximum absolute atomic E-state index is 12.6. The zero-order chi connectivity index (χ0) is 20.1. The highest BCUT2D eigenvalue weighted by atomic mass is 16.5. The van der Waals surface area contributed by atoms with Gasteiger partial charge >= 0.3 is 0 Å². The summed E-state index contributed by atoms with van der Waals surface area (Å²) >= 11 is 0. The molecule has 2 aliphatic heterocycles. The summed E-state index contributed by atoms with van der Waals surface area (Å²) in [5.74, 6) is 0.775. The van der Waals surface area contributed by atoms with E-state index in [4.69, 9.17) is 14.5 Å². The first-order valence-electron chi connectivity index (χ1n) is 10.4. The van der Waals surface area contributed by atoms with Gasteiger partial charge in [0.05, 0.1) is 25.5 Å². The Kier molecular flexibility index (Phi) is 6.36. The molecule has 1 aromatic carbocycles. The molecule has 7 heteroatoms. The molecule has 1 aromatic heterocycles. The Hall–Kier alpha value is -2.51. The number of piperidine rings is 1. The summed E-state index contributed by atoms with van der Waals surface area (Å²) < 4.78 is 10.8. The van der Waals surface area contributed by atoms with Crippen molar-refractivity contribution in [3.05, 3.63) is 52.8 Å². The van der Waals surface area contributed by atoms with Gasteiger partial charge in [-0.2, -0.15) is 0 Å².